The molecule has 1 aliphatic heterocycles. The summed E-state index contributed by atoms with van der Waals surface area (Å²) < 4.78 is 5.08. The molecule has 1 fully saturated rings. The highest BCUT2D eigenvalue weighted by Crippen LogP contribution is 2.20. The molecule has 0 radical (unpaired) electrons. The van der Waals surface area contributed by atoms with E-state index < -0.39 is 0 Å². The van der Waals surface area contributed by atoms with Crippen LogP contribution in [0, 0.1) is 0 Å². The van der Waals surface area contributed by atoms with Crippen LogP contribution in [-0.4, -0.2) is 48.2 Å². The molecule has 1 aliphatic rings. The Labute approximate surface area is 123 Å². The summed E-state index contributed by atoms with van der Waals surface area (Å²) in [5.41, 5.74) is 6.79. The summed E-state index contributed by atoms with van der Waals surface area (Å²) in [6, 6.07) is 3.91. The van der Waals surface area contributed by atoms with Crippen LogP contribution in [0.3, 0.4) is 0 Å². The Hall–Kier alpha value is -2.57. The van der Waals surface area contributed by atoms with E-state index in [1.54, 1.807) is 19.5 Å². The fourth-order valence-electron chi connectivity index (χ4n) is 2.40. The molecule has 110 valence electrons. The molecule has 1 saturated heterocycles. The van der Waals surface area contributed by atoms with Crippen molar-refractivity contribution in [2.24, 2.45) is 0 Å². The van der Waals surface area contributed by atoms with Gasteiger partial charge in [0.25, 0.3) is 0 Å². The maximum atomic E-state index is 5.68. The Balaban J connectivity index is 1.64. The number of aromatic nitrogens is 3. The summed E-state index contributed by atoms with van der Waals surface area (Å²) in [7, 11) is 1.62. The standard InChI is InChI=1S/C14H18N6O/c1-21-14-3-2-11(8-17-14)19-4-6-20(7-5-19)13-10-16-9-12(15)18-13/h2-3,8-10H,4-7H2,1H3,(H2,15,18). The maximum absolute atomic E-state index is 5.68. The van der Waals surface area contributed by atoms with Crippen LogP contribution < -0.4 is 20.3 Å². The number of nitrogens with zero attached hydrogens (tertiary/aromatic N) is 5. The van der Waals surface area contributed by atoms with Gasteiger partial charge in [-0.05, 0) is 6.07 Å². The lowest BCUT2D eigenvalue weighted by molar-refractivity contribution is 0.398. The lowest BCUT2D eigenvalue weighted by atomic mass is 10.2. The van der Waals surface area contributed by atoms with E-state index >= 15 is 0 Å². The van der Waals surface area contributed by atoms with Crippen molar-refractivity contribution in [3.63, 3.8) is 0 Å². The van der Waals surface area contributed by atoms with E-state index in [9.17, 15) is 0 Å². The van der Waals surface area contributed by atoms with Crippen molar-refractivity contribution in [1.29, 1.82) is 0 Å². The molecule has 2 aromatic heterocycles. The van der Waals surface area contributed by atoms with E-state index in [1.165, 1.54) is 0 Å². The highest BCUT2D eigenvalue weighted by molar-refractivity contribution is 5.49. The molecule has 7 heteroatoms. The third-order valence-corrected chi connectivity index (χ3v) is 3.54. The summed E-state index contributed by atoms with van der Waals surface area (Å²) in [5, 5.41) is 0. The van der Waals surface area contributed by atoms with E-state index in [0.717, 1.165) is 37.7 Å². The predicted molar refractivity (Wildman–Crippen MR) is 81.7 cm³/mol. The molecule has 21 heavy (non-hydrogen) atoms. The highest BCUT2D eigenvalue weighted by Gasteiger charge is 2.19. The zero-order valence-electron chi connectivity index (χ0n) is 11.9. The van der Waals surface area contributed by atoms with Crippen molar-refractivity contribution >= 4 is 17.3 Å². The molecule has 0 amide bonds. The number of piperazine rings is 1. The average Bonchev–Trinajstić information content (AvgIpc) is 2.55. The Bertz CT molecular complexity index is 595. The molecule has 0 aliphatic carbocycles. The number of rotatable bonds is 3. The number of nitrogen functional groups attached to an aromatic ring is 1. The summed E-state index contributed by atoms with van der Waals surface area (Å²) in [5.74, 6) is 1.92. The fraction of sp³-hybridized carbons (Fsp3) is 0.357. The maximum Gasteiger partial charge on any atom is 0.213 e. The van der Waals surface area contributed by atoms with Crippen molar-refractivity contribution in [1.82, 2.24) is 15.0 Å². The third-order valence-electron chi connectivity index (χ3n) is 3.54. The van der Waals surface area contributed by atoms with E-state index in [1.807, 2.05) is 18.3 Å². The predicted octanol–water partition coefficient (Wildman–Crippen LogP) is 0.789. The smallest absolute Gasteiger partial charge is 0.213 e. The molecule has 3 heterocycles. The largest absolute Gasteiger partial charge is 0.481 e. The molecule has 0 saturated carbocycles. The number of hydrogen-bond donors (Lipinski definition) is 1. The van der Waals surface area contributed by atoms with Crippen molar-refractivity contribution < 1.29 is 4.74 Å². The number of anilines is 3. The first kappa shape index (κ1) is 13.4. The van der Waals surface area contributed by atoms with Gasteiger partial charge in [-0.3, -0.25) is 4.98 Å². The number of pyridine rings is 1. The monoisotopic (exact) mass is 286 g/mol. The zero-order valence-corrected chi connectivity index (χ0v) is 11.9. The van der Waals surface area contributed by atoms with Gasteiger partial charge in [0.05, 0.1) is 31.4 Å². The minimum absolute atomic E-state index is 0.453. The van der Waals surface area contributed by atoms with Crippen LogP contribution in [-0.2, 0) is 0 Å². The first-order valence-corrected chi connectivity index (χ1v) is 6.84. The van der Waals surface area contributed by atoms with E-state index in [2.05, 4.69) is 24.8 Å². The van der Waals surface area contributed by atoms with Crippen LogP contribution in [0.5, 0.6) is 5.88 Å². The molecular weight excluding hydrogens is 268 g/mol. The normalized spacial score (nSPS) is 15.1. The minimum atomic E-state index is 0.453. The van der Waals surface area contributed by atoms with Gasteiger partial charge in [0.1, 0.15) is 11.6 Å². The number of ether oxygens (including phenoxy) is 1. The Morgan fingerprint density at radius 3 is 2.43 bits per heavy atom. The molecule has 0 atom stereocenters. The van der Waals surface area contributed by atoms with Crippen LogP contribution in [0.25, 0.3) is 0 Å². The zero-order chi connectivity index (χ0) is 14.7. The molecule has 0 spiro atoms. The average molecular weight is 286 g/mol. The Morgan fingerprint density at radius 1 is 1.05 bits per heavy atom. The molecule has 7 nitrogen and oxygen atoms in total. The highest BCUT2D eigenvalue weighted by atomic mass is 16.5. The van der Waals surface area contributed by atoms with Gasteiger partial charge >= 0.3 is 0 Å². The van der Waals surface area contributed by atoms with Gasteiger partial charge in [-0.2, -0.15) is 0 Å². The van der Waals surface area contributed by atoms with E-state index in [4.69, 9.17) is 10.5 Å². The van der Waals surface area contributed by atoms with Gasteiger partial charge in [0.2, 0.25) is 5.88 Å². The SMILES string of the molecule is COc1ccc(N2CCN(c3cncc(N)n3)CC2)cn1. The van der Waals surface area contributed by atoms with Crippen LogP contribution >= 0.6 is 0 Å². The fourth-order valence-corrected chi connectivity index (χ4v) is 2.40. The van der Waals surface area contributed by atoms with Gasteiger partial charge in [0, 0.05) is 32.2 Å². The van der Waals surface area contributed by atoms with Crippen LogP contribution in [0.1, 0.15) is 0 Å². The quantitative estimate of drug-likeness (QED) is 0.893. The van der Waals surface area contributed by atoms with Crippen LogP contribution in [0.4, 0.5) is 17.3 Å². The molecule has 2 N–H and O–H groups in total. The molecule has 0 unspecified atom stereocenters. The lowest BCUT2D eigenvalue weighted by Crippen LogP contribution is -2.46. The van der Waals surface area contributed by atoms with Gasteiger partial charge in [0.15, 0.2) is 0 Å². The minimum Gasteiger partial charge on any atom is -0.481 e. The van der Waals surface area contributed by atoms with Gasteiger partial charge in [-0.15, -0.1) is 0 Å². The first-order chi connectivity index (χ1) is 10.3. The second-order valence-corrected chi connectivity index (χ2v) is 4.83. The second kappa shape index (κ2) is 5.82. The third kappa shape index (κ3) is 2.96. The number of methoxy groups -OCH3 is 1. The van der Waals surface area contributed by atoms with Crippen LogP contribution in [0.2, 0.25) is 0 Å². The van der Waals surface area contributed by atoms with Crippen molar-refractivity contribution in [3.8, 4) is 5.88 Å². The summed E-state index contributed by atoms with van der Waals surface area (Å²) in [6.45, 7) is 3.57. The van der Waals surface area contributed by atoms with Crippen molar-refractivity contribution in [3.05, 3.63) is 30.7 Å². The van der Waals surface area contributed by atoms with E-state index in [0.29, 0.717) is 11.7 Å². The van der Waals surface area contributed by atoms with Crippen molar-refractivity contribution in [2.45, 2.75) is 0 Å². The Morgan fingerprint density at radius 2 is 1.81 bits per heavy atom. The number of nitrogens with two attached hydrogens (primary N) is 1. The summed E-state index contributed by atoms with van der Waals surface area (Å²) in [4.78, 5) is 17.1. The first-order valence-electron chi connectivity index (χ1n) is 6.84. The topological polar surface area (TPSA) is 80.4 Å². The molecular formula is C14H18N6O. The Kier molecular flexibility index (Phi) is 3.72. The summed E-state index contributed by atoms with van der Waals surface area (Å²) in [6.07, 6.45) is 5.15. The van der Waals surface area contributed by atoms with Crippen molar-refractivity contribution in [2.75, 3.05) is 48.8 Å². The molecule has 2 aromatic rings. The van der Waals surface area contributed by atoms with Crippen LogP contribution in [0.15, 0.2) is 30.7 Å². The molecule has 3 rings (SSSR count). The van der Waals surface area contributed by atoms with E-state index in [-0.39, 0.29) is 0 Å². The van der Waals surface area contributed by atoms with Gasteiger partial charge < -0.3 is 20.3 Å². The van der Waals surface area contributed by atoms with Gasteiger partial charge in [-0.25, -0.2) is 9.97 Å². The molecule has 0 bridgehead atoms. The molecule has 0 aromatic carbocycles. The number of hydrogen-bond acceptors (Lipinski definition) is 7. The second-order valence-electron chi connectivity index (χ2n) is 4.83. The lowest BCUT2D eigenvalue weighted by Gasteiger charge is -2.36. The summed E-state index contributed by atoms with van der Waals surface area (Å²) >= 11 is 0. The van der Waals surface area contributed by atoms with Gasteiger partial charge in [-0.1, -0.05) is 0 Å².